The summed E-state index contributed by atoms with van der Waals surface area (Å²) < 4.78 is 29.7. The van der Waals surface area contributed by atoms with Crippen LogP contribution in [-0.2, 0) is 40.5 Å². The minimum atomic E-state index is -4.21. The second-order valence-corrected chi connectivity index (χ2v) is 20.1. The van der Waals surface area contributed by atoms with Crippen LogP contribution in [0.5, 0.6) is 0 Å². The number of allylic oxidation sites excluding steroid dienone is 2. The molecule has 0 fully saturated rings. The highest BCUT2D eigenvalue weighted by atomic mass is 32.2. The van der Waals surface area contributed by atoms with Gasteiger partial charge in [-0.3, -0.25) is 24.0 Å². The summed E-state index contributed by atoms with van der Waals surface area (Å²) in [5.74, 6) is -4.40. The number of carbonyl (C=O) groups is 5. The van der Waals surface area contributed by atoms with E-state index in [-0.39, 0.29) is 23.1 Å². The Hall–Kier alpha value is -6.08. The number of benzene rings is 3. The molecule has 0 aliphatic carbocycles. The van der Waals surface area contributed by atoms with Gasteiger partial charge in [0.05, 0.1) is 18.0 Å². The number of carboxylic acid groups (broad SMARTS) is 1. The number of hydrogen-bond donors (Lipinski definition) is 7. The van der Waals surface area contributed by atoms with E-state index in [2.05, 4.69) is 47.4 Å². The first-order valence-electron chi connectivity index (χ1n) is 22.5. The number of carboxylic acids is 1. The van der Waals surface area contributed by atoms with E-state index in [9.17, 15) is 37.5 Å². The van der Waals surface area contributed by atoms with Gasteiger partial charge in [-0.2, -0.15) is 11.8 Å². The van der Waals surface area contributed by atoms with Gasteiger partial charge < -0.3 is 36.6 Å². The highest BCUT2D eigenvalue weighted by Crippen LogP contribution is 2.30. The number of anilines is 2. The zero-order valence-corrected chi connectivity index (χ0v) is 42.1. The van der Waals surface area contributed by atoms with Crippen molar-refractivity contribution in [2.24, 2.45) is 17.0 Å². The van der Waals surface area contributed by atoms with E-state index in [4.69, 9.17) is 5.53 Å². The molecule has 5 atom stereocenters. The number of nitrogens with zero attached hydrogens (tertiary/aromatic N) is 4. The molecule has 0 aliphatic rings. The maximum absolute atomic E-state index is 14.1. The van der Waals surface area contributed by atoms with Gasteiger partial charge in [0.1, 0.15) is 24.2 Å². The van der Waals surface area contributed by atoms with Gasteiger partial charge in [-0.05, 0) is 80.8 Å². The quantitative estimate of drug-likeness (QED) is 0.0140. The maximum Gasteiger partial charge on any atom is 0.325 e. The fraction of sp³-hybridized carbons (Fsp3) is 0.479. The average molecular weight is 977 g/mol. The molecule has 18 nitrogen and oxygen atoms in total. The predicted octanol–water partition coefficient (Wildman–Crippen LogP) is 6.26. The summed E-state index contributed by atoms with van der Waals surface area (Å²) in [5, 5.41) is 28.0. The topological polar surface area (TPSA) is 264 Å². The molecule has 0 radical (unpaired) electrons. The van der Waals surface area contributed by atoms with E-state index in [0.717, 1.165) is 40.9 Å². The zero-order chi connectivity index (χ0) is 50.6. The third kappa shape index (κ3) is 17.9. The first-order chi connectivity index (χ1) is 32.2. The molecule has 0 aromatic heterocycles. The Bertz CT molecular complexity index is 2450. The van der Waals surface area contributed by atoms with Crippen LogP contribution in [0.25, 0.3) is 21.2 Å². The van der Waals surface area contributed by atoms with Crippen LogP contribution in [0.15, 0.2) is 94.0 Å². The molecule has 0 heterocycles. The summed E-state index contributed by atoms with van der Waals surface area (Å²) in [6.07, 6.45) is 6.24. The van der Waals surface area contributed by atoms with Gasteiger partial charge in [-0.25, -0.2) is 13.1 Å². The van der Waals surface area contributed by atoms with Crippen molar-refractivity contribution >= 4 is 73.5 Å². The average Bonchev–Trinajstić information content (AvgIpc) is 3.30. The minimum Gasteiger partial charge on any atom is -0.480 e. The molecule has 0 bridgehead atoms. The third-order valence-electron chi connectivity index (χ3n) is 11.2. The number of hydrogen-bond acceptors (Lipinski definition) is 11. The number of rotatable bonds is 28. The highest BCUT2D eigenvalue weighted by Gasteiger charge is 2.34. The molecule has 68 heavy (non-hydrogen) atoms. The largest absolute Gasteiger partial charge is 0.480 e. The normalized spacial score (nSPS) is 14.1. The molecule has 0 spiro atoms. The Morgan fingerprint density at radius 2 is 1.50 bits per heavy atom. The zero-order valence-electron chi connectivity index (χ0n) is 40.5. The van der Waals surface area contributed by atoms with Crippen LogP contribution in [-0.4, -0.2) is 106 Å². The smallest absolute Gasteiger partial charge is 0.325 e. The number of azide groups is 1. The maximum atomic E-state index is 14.1. The lowest BCUT2D eigenvalue weighted by atomic mass is 9.96. The van der Waals surface area contributed by atoms with E-state index in [1.165, 1.54) is 24.8 Å². The standard InChI is InChI=1S/C48H68N10O8S2/c1-10-33(6)44(47(62)53-34(7)48(63)64)56-46(61)43(30(2)3)55-45(60)39(54-42(59)28-52-68(65,66)41-22-14-19-37-38(41)20-13-21-40(37)58(8)9)29-67-24-23-31(4)15-11-16-32(5)26-50-36-18-12-17-35(25-36)27-51-57-49/h12-14,16-23,25,30,33-34,39,43-44,50,52H,10-11,15,24,26-29H2,1-9H3,(H,53,62)(H,54,59)(H,55,60)(H,56,61)(H,63,64)/b31-23+,32-16+/t33-,34-,39-,43-,44-/m0/s1. The number of fused-ring (bicyclic) bond motifs is 1. The number of carbonyl (C=O) groups excluding carboxylic acids is 4. The van der Waals surface area contributed by atoms with Crippen molar-refractivity contribution < 1.29 is 37.5 Å². The van der Waals surface area contributed by atoms with Crippen LogP contribution in [0.4, 0.5) is 11.4 Å². The summed E-state index contributed by atoms with van der Waals surface area (Å²) in [6, 6.07) is 13.2. The van der Waals surface area contributed by atoms with Crippen LogP contribution in [0.2, 0.25) is 0 Å². The lowest BCUT2D eigenvalue weighted by Gasteiger charge is -2.29. The van der Waals surface area contributed by atoms with Crippen molar-refractivity contribution in [3.63, 3.8) is 0 Å². The first kappa shape index (κ1) is 56.2. The van der Waals surface area contributed by atoms with Gasteiger partial charge >= 0.3 is 5.97 Å². The molecule has 3 aromatic rings. The Balaban J connectivity index is 1.75. The van der Waals surface area contributed by atoms with Crippen LogP contribution in [0.1, 0.15) is 73.3 Å². The SMILES string of the molecule is CC[C@H](C)[C@H](NC(=O)[C@@H](NC(=O)[C@H](CSC/C=C(\C)CC/C=C(\C)CNc1cccc(CN=[N+]=[N-])c1)NC(=O)CNS(=O)(=O)c1cccc2c(N(C)C)cccc12)C(C)C)C(=O)N[C@@H](C)C(=O)O. The van der Waals surface area contributed by atoms with E-state index >= 15 is 0 Å². The molecule has 7 N–H and O–H groups in total. The number of sulfonamides is 1. The van der Waals surface area contributed by atoms with Crippen LogP contribution in [0.3, 0.4) is 0 Å². The Kier molecular flexibility index (Phi) is 22.9. The summed E-state index contributed by atoms with van der Waals surface area (Å²) in [5.41, 5.74) is 13.5. The molecule has 370 valence electrons. The molecular weight excluding hydrogens is 909 g/mol. The van der Waals surface area contributed by atoms with Crippen molar-refractivity contribution in [3.05, 3.63) is 100.0 Å². The Labute approximate surface area is 404 Å². The second-order valence-electron chi connectivity index (χ2n) is 17.3. The molecule has 0 aliphatic heterocycles. The van der Waals surface area contributed by atoms with Crippen molar-refractivity contribution in [2.75, 3.05) is 48.9 Å². The molecular formula is C48H68N10O8S2. The summed E-state index contributed by atoms with van der Waals surface area (Å²) >= 11 is 1.36. The van der Waals surface area contributed by atoms with Crippen LogP contribution < -0.4 is 36.2 Å². The van der Waals surface area contributed by atoms with Gasteiger partial charge in [-0.1, -0.05) is 98.9 Å². The van der Waals surface area contributed by atoms with Gasteiger partial charge in [0.25, 0.3) is 0 Å². The van der Waals surface area contributed by atoms with Gasteiger partial charge in [0.2, 0.25) is 33.7 Å². The third-order valence-corrected chi connectivity index (χ3v) is 13.6. The van der Waals surface area contributed by atoms with Crippen molar-refractivity contribution in [2.45, 2.75) is 103 Å². The predicted molar refractivity (Wildman–Crippen MR) is 271 cm³/mol. The van der Waals surface area contributed by atoms with E-state index in [0.29, 0.717) is 29.5 Å². The first-order valence-corrected chi connectivity index (χ1v) is 25.2. The highest BCUT2D eigenvalue weighted by molar-refractivity contribution is 7.99. The van der Waals surface area contributed by atoms with Crippen molar-refractivity contribution in [1.82, 2.24) is 26.0 Å². The minimum absolute atomic E-state index is 0.0148. The fourth-order valence-corrected chi connectivity index (χ4v) is 9.11. The second kappa shape index (κ2) is 27.7. The van der Waals surface area contributed by atoms with Gasteiger partial charge in [0.15, 0.2) is 0 Å². The van der Waals surface area contributed by atoms with Crippen LogP contribution >= 0.6 is 11.8 Å². The molecule has 3 aromatic carbocycles. The molecule has 0 saturated carbocycles. The molecule has 4 amide bonds. The van der Waals surface area contributed by atoms with Crippen molar-refractivity contribution in [3.8, 4) is 0 Å². The molecule has 0 unspecified atom stereocenters. The number of amides is 4. The van der Waals surface area contributed by atoms with Gasteiger partial charge in [0, 0.05) is 59.2 Å². The van der Waals surface area contributed by atoms with Gasteiger partial charge in [-0.15, -0.1) is 0 Å². The van der Waals surface area contributed by atoms with Crippen molar-refractivity contribution in [1.29, 1.82) is 0 Å². The Morgan fingerprint density at radius 1 is 0.838 bits per heavy atom. The van der Waals surface area contributed by atoms with E-state index in [1.807, 2.05) is 82.2 Å². The van der Waals surface area contributed by atoms with E-state index < -0.39 is 76.3 Å². The summed E-state index contributed by atoms with van der Waals surface area (Å²) in [4.78, 5) is 70.7. The monoisotopic (exact) mass is 976 g/mol. The lowest BCUT2D eigenvalue weighted by Crippen LogP contribution is -2.60. The molecule has 20 heteroatoms. The molecule has 0 saturated heterocycles. The number of thioether (sulfide) groups is 1. The number of nitrogens with one attached hydrogen (secondary N) is 6. The fourth-order valence-electron chi connectivity index (χ4n) is 6.90. The summed E-state index contributed by atoms with van der Waals surface area (Å²) in [6.45, 7) is 12.6. The van der Waals surface area contributed by atoms with E-state index in [1.54, 1.807) is 39.0 Å². The number of aliphatic carboxylic acids is 1. The summed E-state index contributed by atoms with van der Waals surface area (Å²) in [7, 11) is -0.504. The lowest BCUT2D eigenvalue weighted by molar-refractivity contribution is -0.142. The van der Waals surface area contributed by atoms with Crippen LogP contribution in [0, 0.1) is 11.8 Å². The molecule has 3 rings (SSSR count). The Morgan fingerprint density at radius 3 is 2.16 bits per heavy atom.